The van der Waals surface area contributed by atoms with Crippen molar-refractivity contribution in [3.8, 4) is 0 Å². The molecule has 0 amide bonds. The van der Waals surface area contributed by atoms with Gasteiger partial charge in [0, 0.05) is 137 Å². The van der Waals surface area contributed by atoms with Crippen molar-refractivity contribution in [2.24, 2.45) is 20.2 Å². The highest BCUT2D eigenvalue weighted by Crippen LogP contribution is 2.20. The van der Waals surface area contributed by atoms with E-state index < -0.39 is 0 Å². The third kappa shape index (κ3) is 53.2. The average molecular weight is 1950 g/mol. The van der Waals surface area contributed by atoms with E-state index in [4.69, 9.17) is 4.42 Å². The first-order chi connectivity index (χ1) is 69.7. The number of hydrogen-bond donors (Lipinski definition) is 2. The molecule has 3 aliphatic heterocycles. The summed E-state index contributed by atoms with van der Waals surface area (Å²) in [6.45, 7) is 1.67. The van der Waals surface area contributed by atoms with Gasteiger partial charge in [0.15, 0.2) is 18.8 Å². The van der Waals surface area contributed by atoms with E-state index in [9.17, 15) is 5.21 Å². The summed E-state index contributed by atoms with van der Waals surface area (Å²) in [4.78, 5) is 59.3. The van der Waals surface area contributed by atoms with Crippen molar-refractivity contribution in [1.82, 2.24) is 79.3 Å². The van der Waals surface area contributed by atoms with Gasteiger partial charge in [0.2, 0.25) is 0 Å². The second kappa shape index (κ2) is 76.6. The molecular weight excluding hydrogens is 1840 g/mol. The number of rotatable bonds is 0. The molecule has 0 fully saturated rings. The molecule has 0 radical (unpaired) electrons. The number of azo groups is 1. The number of pyridine rings is 4. The summed E-state index contributed by atoms with van der Waals surface area (Å²) in [5.74, 6) is 0. The van der Waals surface area contributed by atoms with E-state index in [0.717, 1.165) is 63.7 Å². The third-order valence-corrected chi connectivity index (χ3v) is 19.7. The Balaban J connectivity index is 0.000000181. The first kappa shape index (κ1) is 108. The smallest absolute Gasteiger partial charge is 0.180 e. The number of thiazole rings is 2. The molecule has 17 aromatic heterocycles. The fraction of sp³-hybridized carbons (Fsp3) is 0.0367. The van der Waals surface area contributed by atoms with Crippen LogP contribution in [0, 0.1) is 5.21 Å². The van der Waals surface area contributed by atoms with Gasteiger partial charge in [0.1, 0.15) is 43.4 Å². The zero-order valence-corrected chi connectivity index (χ0v) is 80.0. The summed E-state index contributed by atoms with van der Waals surface area (Å²) in [5.41, 5.74) is 10.1. The van der Waals surface area contributed by atoms with E-state index in [-0.39, 0.29) is 0 Å². The van der Waals surface area contributed by atoms with Crippen LogP contribution in [0.25, 0.3) is 74.9 Å². The maximum Gasteiger partial charge on any atom is 0.180 e. The lowest BCUT2D eigenvalue weighted by atomic mass is 10.2. The molecule has 0 atom stereocenters. The van der Waals surface area contributed by atoms with Gasteiger partial charge in [0.05, 0.1) is 88.4 Å². The number of H-pyrrole nitrogens is 2. The lowest BCUT2D eigenvalue weighted by Gasteiger charge is -1.91. The molecule has 4 aliphatic rings. The quantitative estimate of drug-likeness (QED) is 0.105. The number of hydrogen-bond acceptors (Lipinski definition) is 28. The zero-order valence-electron chi connectivity index (χ0n) is 75.9. The second-order valence-electron chi connectivity index (χ2n) is 26.2. The first-order valence-electron chi connectivity index (χ1n) is 42.9. The minimum Gasteiger partial charge on any atom is -0.619 e. The predicted octanol–water partition coefficient (Wildman–Crippen LogP) is 28.3. The molecule has 20 heterocycles. The molecule has 0 bridgehead atoms. The van der Waals surface area contributed by atoms with Gasteiger partial charge in [-0.05, 0) is 189 Å². The number of thiophene rings is 2. The normalized spacial score (nSPS) is 10.4. The minimum atomic E-state index is 0.750. The van der Waals surface area contributed by atoms with Gasteiger partial charge in [-0.15, -0.1) is 34.0 Å². The van der Waals surface area contributed by atoms with E-state index in [2.05, 4.69) is 221 Å². The summed E-state index contributed by atoms with van der Waals surface area (Å²) >= 11 is 8.24. The summed E-state index contributed by atoms with van der Waals surface area (Å²) < 4.78 is 25.7. The number of para-hydroxylation sites is 6. The summed E-state index contributed by atoms with van der Waals surface area (Å²) in [6.07, 6.45) is 66.3. The van der Waals surface area contributed by atoms with Crippen LogP contribution in [0.3, 0.4) is 0 Å². The highest BCUT2D eigenvalue weighted by molar-refractivity contribution is 7.17. The van der Waals surface area contributed by atoms with Crippen LogP contribution < -0.4 is 4.73 Å². The largest absolute Gasteiger partial charge is 0.619 e. The highest BCUT2D eigenvalue weighted by Gasteiger charge is 1.95. The number of oxazole rings is 1. The number of benzene rings is 7. The van der Waals surface area contributed by atoms with Crippen molar-refractivity contribution >= 4 is 144 Å². The molecule has 24 aromatic rings. The molecule has 0 saturated carbocycles. The molecule has 702 valence electrons. The van der Waals surface area contributed by atoms with Crippen LogP contribution in [0.1, 0.15) is 12.8 Å². The van der Waals surface area contributed by atoms with Gasteiger partial charge in [0.25, 0.3) is 0 Å². The maximum absolute atomic E-state index is 10.2. The topological polar surface area (TPSA) is 341 Å². The number of aliphatic imine (C=N–C) groups is 2. The molecule has 7 aromatic carbocycles. The Bertz CT molecular complexity index is 5750. The van der Waals surface area contributed by atoms with Crippen LogP contribution >= 0.6 is 56.9 Å². The van der Waals surface area contributed by atoms with E-state index in [1.54, 1.807) is 174 Å². The molecule has 31 heteroatoms. The van der Waals surface area contributed by atoms with Crippen molar-refractivity contribution in [3.63, 3.8) is 0 Å². The Morgan fingerprint density at radius 2 is 1.05 bits per heavy atom. The molecule has 140 heavy (non-hydrogen) atoms. The minimum absolute atomic E-state index is 0.750. The van der Waals surface area contributed by atoms with Gasteiger partial charge in [-0.1, -0.05) is 193 Å². The zero-order chi connectivity index (χ0) is 97.3. The molecule has 0 saturated heterocycles. The van der Waals surface area contributed by atoms with Gasteiger partial charge in [-0.3, -0.25) is 29.9 Å². The number of furan rings is 2. The lowest BCUT2D eigenvalue weighted by Crippen LogP contribution is -2.22. The van der Waals surface area contributed by atoms with Gasteiger partial charge in [-0.2, -0.15) is 26.3 Å². The Morgan fingerprint density at radius 3 is 1.51 bits per heavy atom. The number of aromatic amines is 2. The first-order valence-corrected chi connectivity index (χ1v) is 47.4. The average Bonchev–Trinajstić information content (AvgIpc) is 1.60. The fourth-order valence-electron chi connectivity index (χ4n) is 10.1. The summed E-state index contributed by atoms with van der Waals surface area (Å²) in [6, 6.07) is 93.1. The molecule has 1 aliphatic carbocycles. The van der Waals surface area contributed by atoms with Crippen LogP contribution in [0.15, 0.2) is 578 Å². The number of nitrogens with one attached hydrogen (secondary N) is 2. The van der Waals surface area contributed by atoms with Crippen LogP contribution in [0.5, 0.6) is 0 Å². The van der Waals surface area contributed by atoms with Crippen molar-refractivity contribution in [1.29, 1.82) is 0 Å². The Morgan fingerprint density at radius 1 is 0.357 bits per heavy atom. The fourth-order valence-corrected chi connectivity index (χ4v) is 12.7. The standard InChI is InChI=1S/2C9H7N.C8H7N.C8H6O.C8H6S.C7H6N2.C7H5NS.C5H5NO.C5H5N.C5H6.C4H4N2.2C4H5N.C4H4O.C4H4S.C3H3N3.C3H4N2.2C3H3NO.2C3H3NS/c1-2-6-9-8(4-1)5-3-7-10-9;1-2-4-9-7-10-6-5-8(9)3-1;3*1-2-4-8-7(3-1)5-6-9-8;2*1-2-4-7-6(3-1)8-5-9-7;7-6-4-2-1-3-5-6;1-2-4-6-5-3-1;1-2-4-5-3-1;1-2-5-4-6-3-1;4*1-2-4-5-3-1;1-4-2-6-3-5-1;1-2-4-5-3-1;1-2-5-3-4-1;1-2-4-5-3-1;1-2-5-3-4-1;1-2-4-5-3-1/h2*1-7H;1-6,9H;2*1-6H;1-5H,(H,8,9);1-5H;1-5H;1-5H;1-4H,5H2;1-4H;1,3-4H,2H2;1-3H,4H2;2*1-4H;1-3H;1-2H,3H2;4*1-3H. The predicted molar refractivity (Wildman–Crippen MR) is 574 cm³/mol. The van der Waals surface area contributed by atoms with Crippen LogP contribution in [0.2, 0.25) is 0 Å². The van der Waals surface area contributed by atoms with Gasteiger partial charge in [-0.25, -0.2) is 44.2 Å². The molecule has 26 nitrogen and oxygen atoms in total. The lowest BCUT2D eigenvalue weighted by molar-refractivity contribution is -0.605. The number of allylic oxidation sites excluding steroid dienone is 6. The van der Waals surface area contributed by atoms with Crippen molar-refractivity contribution < 1.29 is 22.5 Å². The SMILES string of the molecule is C1=CCC=C1.C1=CCN=C1.C1=CN=CC1.C1=CN=NC1.[O-][n+]1ccccc1.c1ccc2[nH]ccc2c1.c1ccc2[nH]cnc2c1.c1ccc2cnccc2c1.c1ccc2ncccc2c1.c1ccc2occc2c1.c1ccc2sccc2c1.c1ccc2scnc2c1.c1ccncc1.c1ccoc1.c1ccsc1.c1cncnc1.c1cnoc1.c1cnsc1.c1cocn1.c1cscn1.c1ncncn1. The summed E-state index contributed by atoms with van der Waals surface area (Å²) in [5, 5.41) is 38.2. The van der Waals surface area contributed by atoms with E-state index >= 15 is 0 Å². The Hall–Kier alpha value is -17.8. The monoisotopic (exact) mass is 1940 g/mol. The molecule has 28 rings (SSSR count). The van der Waals surface area contributed by atoms with Crippen LogP contribution in [0.4, 0.5) is 0 Å². The molecular formula is C109H101N21O5S5. The summed E-state index contributed by atoms with van der Waals surface area (Å²) in [7, 11) is 0. The van der Waals surface area contributed by atoms with Crippen LogP contribution in [-0.4, -0.2) is 105 Å². The van der Waals surface area contributed by atoms with Crippen molar-refractivity contribution in [2.45, 2.75) is 12.8 Å². The van der Waals surface area contributed by atoms with Gasteiger partial charge < -0.3 is 32.9 Å². The number of aromatic nitrogens is 17. The number of nitrogens with zero attached hydrogens (tertiary/aromatic N) is 19. The highest BCUT2D eigenvalue weighted by atomic mass is 32.1. The molecule has 0 spiro atoms. The number of fused-ring (bicyclic) bond motifs is 7. The van der Waals surface area contributed by atoms with E-state index in [0.29, 0.717) is 0 Å². The van der Waals surface area contributed by atoms with E-state index in [1.165, 1.54) is 110 Å². The Kier molecular flexibility index (Phi) is 58.9. The molecule has 2 N–H and O–H groups in total. The molecule has 0 unspecified atom stereocenters. The van der Waals surface area contributed by atoms with Gasteiger partial charge >= 0.3 is 0 Å². The van der Waals surface area contributed by atoms with E-state index in [1.807, 2.05) is 258 Å². The van der Waals surface area contributed by atoms with Crippen molar-refractivity contribution in [2.75, 3.05) is 13.1 Å². The second-order valence-corrected chi connectivity index (χ2v) is 30.3. The maximum atomic E-state index is 10.2. The van der Waals surface area contributed by atoms with Crippen LogP contribution in [-0.2, 0) is 0 Å². The van der Waals surface area contributed by atoms with Crippen molar-refractivity contribution in [3.05, 3.63) is 545 Å². The Labute approximate surface area is 831 Å². The third-order valence-electron chi connectivity index (χ3n) is 16.4. The number of imidazole rings is 1.